The van der Waals surface area contributed by atoms with Crippen LogP contribution in [0.15, 0.2) is 12.1 Å². The molecule has 18 heavy (non-hydrogen) atoms. The van der Waals surface area contributed by atoms with Crippen molar-refractivity contribution in [1.82, 2.24) is 0 Å². The molecule has 0 unspecified atom stereocenters. The highest BCUT2D eigenvalue weighted by Gasteiger charge is 2.26. The van der Waals surface area contributed by atoms with Gasteiger partial charge in [0.1, 0.15) is 5.75 Å². The van der Waals surface area contributed by atoms with Crippen LogP contribution < -0.4 is 5.32 Å². The van der Waals surface area contributed by atoms with Gasteiger partial charge in [0, 0.05) is 23.4 Å². The number of aromatic hydroxyl groups is 1. The number of hydrogen-bond acceptors (Lipinski definition) is 2. The molecule has 0 atom stereocenters. The second-order valence-electron chi connectivity index (χ2n) is 6.95. The fourth-order valence-corrected chi connectivity index (χ4v) is 2.08. The van der Waals surface area contributed by atoms with E-state index in [1.54, 1.807) is 0 Å². The molecule has 0 aromatic heterocycles. The molecule has 0 aliphatic rings. The molecule has 0 spiro atoms. The summed E-state index contributed by atoms with van der Waals surface area (Å²) in [4.78, 5) is 0. The number of hydrogen-bond donors (Lipinski definition) is 2. The van der Waals surface area contributed by atoms with Gasteiger partial charge >= 0.3 is 0 Å². The Morgan fingerprint density at radius 3 is 1.61 bits per heavy atom. The maximum Gasteiger partial charge on any atom is 0.123 e. The number of phenols is 1. The Morgan fingerprint density at radius 1 is 0.944 bits per heavy atom. The van der Waals surface area contributed by atoms with Crippen LogP contribution in [0, 0.1) is 0 Å². The van der Waals surface area contributed by atoms with E-state index < -0.39 is 0 Å². The van der Waals surface area contributed by atoms with E-state index in [1.807, 2.05) is 0 Å². The molecule has 0 fully saturated rings. The summed E-state index contributed by atoms with van der Waals surface area (Å²) >= 11 is 0. The number of nitrogens with one attached hydrogen (secondary N) is 1. The molecular formula is C16H27NO. The third-order valence-electron chi connectivity index (χ3n) is 3.11. The van der Waals surface area contributed by atoms with Gasteiger partial charge in [0.2, 0.25) is 0 Å². The number of benzene rings is 1. The van der Waals surface area contributed by atoms with Gasteiger partial charge in [-0.25, -0.2) is 0 Å². The van der Waals surface area contributed by atoms with E-state index in [-0.39, 0.29) is 10.8 Å². The van der Waals surface area contributed by atoms with Crippen molar-refractivity contribution in [3.63, 3.8) is 0 Å². The normalized spacial score (nSPS) is 12.6. The van der Waals surface area contributed by atoms with E-state index in [2.05, 4.69) is 65.9 Å². The summed E-state index contributed by atoms with van der Waals surface area (Å²) < 4.78 is 0. The largest absolute Gasteiger partial charge is 0.507 e. The fourth-order valence-electron chi connectivity index (χ4n) is 2.08. The standard InChI is InChI=1S/C16H27NO/c1-8-17-11-9-12(15(2,3)4)14(18)13(10-11)16(5,6)7/h9-10,17-18H,8H2,1-7H3. The highest BCUT2D eigenvalue weighted by atomic mass is 16.3. The molecule has 2 nitrogen and oxygen atoms in total. The van der Waals surface area contributed by atoms with Gasteiger partial charge in [-0.1, -0.05) is 41.5 Å². The Morgan fingerprint density at radius 2 is 1.33 bits per heavy atom. The molecule has 0 aliphatic heterocycles. The zero-order valence-electron chi connectivity index (χ0n) is 12.8. The van der Waals surface area contributed by atoms with E-state index in [4.69, 9.17) is 0 Å². The summed E-state index contributed by atoms with van der Waals surface area (Å²) in [6.45, 7) is 15.7. The minimum absolute atomic E-state index is 0.0600. The van der Waals surface area contributed by atoms with Crippen molar-refractivity contribution in [1.29, 1.82) is 0 Å². The maximum absolute atomic E-state index is 10.5. The third-order valence-corrected chi connectivity index (χ3v) is 3.11. The Bertz CT molecular complexity index is 387. The summed E-state index contributed by atoms with van der Waals surface area (Å²) in [5.74, 6) is 0.441. The van der Waals surface area contributed by atoms with Gasteiger partial charge in [0.05, 0.1) is 0 Å². The van der Waals surface area contributed by atoms with Crippen molar-refractivity contribution >= 4 is 5.69 Å². The number of phenolic OH excluding ortho intramolecular Hbond substituents is 1. The van der Waals surface area contributed by atoms with Crippen molar-refractivity contribution < 1.29 is 5.11 Å². The predicted molar refractivity (Wildman–Crippen MR) is 79.7 cm³/mol. The minimum atomic E-state index is -0.0600. The van der Waals surface area contributed by atoms with Crippen molar-refractivity contribution in [2.75, 3.05) is 11.9 Å². The SMILES string of the molecule is CCNc1cc(C(C)(C)C)c(O)c(C(C)(C)C)c1. The second kappa shape index (κ2) is 4.83. The van der Waals surface area contributed by atoms with Gasteiger partial charge in [0.15, 0.2) is 0 Å². The van der Waals surface area contributed by atoms with Crippen LogP contribution >= 0.6 is 0 Å². The van der Waals surface area contributed by atoms with Gasteiger partial charge < -0.3 is 10.4 Å². The second-order valence-corrected chi connectivity index (χ2v) is 6.95. The first-order chi connectivity index (χ1) is 8.07. The zero-order chi connectivity index (χ0) is 14.1. The summed E-state index contributed by atoms with van der Waals surface area (Å²) in [5.41, 5.74) is 2.98. The lowest BCUT2D eigenvalue weighted by molar-refractivity contribution is 0.423. The third kappa shape index (κ3) is 3.18. The van der Waals surface area contributed by atoms with Crippen LogP contribution in [0.3, 0.4) is 0 Å². The predicted octanol–water partition coefficient (Wildman–Crippen LogP) is 4.42. The van der Waals surface area contributed by atoms with Crippen molar-refractivity contribution in [2.45, 2.75) is 59.3 Å². The Kier molecular flexibility index (Phi) is 3.99. The van der Waals surface area contributed by atoms with Crippen LogP contribution in [0.2, 0.25) is 0 Å². The average molecular weight is 249 g/mol. The maximum atomic E-state index is 10.5. The molecule has 1 aromatic rings. The lowest BCUT2D eigenvalue weighted by Crippen LogP contribution is -2.18. The number of rotatable bonds is 2. The quantitative estimate of drug-likeness (QED) is 0.760. The van der Waals surface area contributed by atoms with Gasteiger partial charge in [-0.05, 0) is 29.9 Å². The molecule has 0 saturated heterocycles. The smallest absolute Gasteiger partial charge is 0.123 e. The zero-order valence-corrected chi connectivity index (χ0v) is 12.8. The molecule has 0 heterocycles. The van der Waals surface area contributed by atoms with Gasteiger partial charge in [-0.2, -0.15) is 0 Å². The van der Waals surface area contributed by atoms with Crippen LogP contribution in [0.1, 0.15) is 59.6 Å². The summed E-state index contributed by atoms with van der Waals surface area (Å²) in [6, 6.07) is 4.13. The van der Waals surface area contributed by atoms with Crippen molar-refractivity contribution in [2.24, 2.45) is 0 Å². The summed E-state index contributed by atoms with van der Waals surface area (Å²) in [5, 5.41) is 13.9. The van der Waals surface area contributed by atoms with Crippen molar-refractivity contribution in [3.05, 3.63) is 23.3 Å². The van der Waals surface area contributed by atoms with Crippen LogP contribution in [-0.2, 0) is 10.8 Å². The lowest BCUT2D eigenvalue weighted by atomic mass is 9.79. The number of anilines is 1. The Labute approximate surface area is 111 Å². The molecule has 0 radical (unpaired) electrons. The molecule has 0 aliphatic carbocycles. The van der Waals surface area contributed by atoms with Crippen LogP contribution in [0.25, 0.3) is 0 Å². The Hall–Kier alpha value is -1.18. The molecule has 1 aromatic carbocycles. The summed E-state index contributed by atoms with van der Waals surface area (Å²) in [7, 11) is 0. The van der Waals surface area contributed by atoms with Crippen LogP contribution in [0.5, 0.6) is 5.75 Å². The highest BCUT2D eigenvalue weighted by molar-refractivity contribution is 5.59. The van der Waals surface area contributed by atoms with Crippen LogP contribution in [0.4, 0.5) is 5.69 Å². The van der Waals surface area contributed by atoms with E-state index in [0.29, 0.717) is 5.75 Å². The molecule has 1 rings (SSSR count). The molecule has 2 N–H and O–H groups in total. The van der Waals surface area contributed by atoms with E-state index in [9.17, 15) is 5.11 Å². The molecule has 102 valence electrons. The first kappa shape index (κ1) is 14.9. The monoisotopic (exact) mass is 249 g/mol. The van der Waals surface area contributed by atoms with Gasteiger partial charge in [0.25, 0.3) is 0 Å². The van der Waals surface area contributed by atoms with Crippen molar-refractivity contribution in [3.8, 4) is 5.75 Å². The van der Waals surface area contributed by atoms with E-state index >= 15 is 0 Å². The topological polar surface area (TPSA) is 32.3 Å². The molecule has 0 saturated carbocycles. The summed E-state index contributed by atoms with van der Waals surface area (Å²) in [6.07, 6.45) is 0. The van der Waals surface area contributed by atoms with Gasteiger partial charge in [-0.3, -0.25) is 0 Å². The van der Waals surface area contributed by atoms with Gasteiger partial charge in [-0.15, -0.1) is 0 Å². The fraction of sp³-hybridized carbons (Fsp3) is 0.625. The van der Waals surface area contributed by atoms with E-state index in [0.717, 1.165) is 23.4 Å². The first-order valence-corrected chi connectivity index (χ1v) is 6.69. The molecule has 2 heteroatoms. The first-order valence-electron chi connectivity index (χ1n) is 6.69. The average Bonchev–Trinajstić information content (AvgIpc) is 2.17. The highest BCUT2D eigenvalue weighted by Crippen LogP contribution is 2.40. The minimum Gasteiger partial charge on any atom is -0.507 e. The van der Waals surface area contributed by atoms with E-state index in [1.165, 1.54) is 0 Å². The molecule has 0 bridgehead atoms. The molecule has 0 amide bonds. The lowest BCUT2D eigenvalue weighted by Gasteiger charge is -2.28. The van der Waals surface area contributed by atoms with Crippen LogP contribution in [-0.4, -0.2) is 11.7 Å². The Balaban J connectivity index is 3.48. The molecular weight excluding hydrogens is 222 g/mol.